The molecule has 1 fully saturated rings. The number of hydrogen-bond acceptors (Lipinski definition) is 4. The predicted molar refractivity (Wildman–Crippen MR) is 96.6 cm³/mol. The van der Waals surface area contributed by atoms with Gasteiger partial charge < -0.3 is 5.32 Å². The van der Waals surface area contributed by atoms with E-state index in [1.165, 1.54) is 11.8 Å². The van der Waals surface area contributed by atoms with Gasteiger partial charge in [-0.15, -0.1) is 0 Å². The zero-order chi connectivity index (χ0) is 16.8. The molecule has 1 aliphatic heterocycles. The molecule has 0 saturated carbocycles. The van der Waals surface area contributed by atoms with Crippen molar-refractivity contribution in [1.82, 2.24) is 10.6 Å². The number of nitrogens with one attached hydrogen (secondary N) is 2. The largest absolute Gasteiger partial charge is 0.351 e. The molecule has 1 aliphatic rings. The van der Waals surface area contributed by atoms with Crippen LogP contribution in [-0.4, -0.2) is 28.9 Å². The fraction of sp³-hybridized carbons (Fsp3) is 0.263. The Morgan fingerprint density at radius 3 is 2.33 bits per heavy atom. The quantitative estimate of drug-likeness (QED) is 0.876. The second-order valence-electron chi connectivity index (χ2n) is 5.80. The van der Waals surface area contributed by atoms with Crippen molar-refractivity contribution in [2.75, 3.05) is 5.75 Å². The molecule has 24 heavy (non-hydrogen) atoms. The van der Waals surface area contributed by atoms with Crippen LogP contribution in [0.2, 0.25) is 0 Å². The summed E-state index contributed by atoms with van der Waals surface area (Å²) < 4.78 is 0. The first-order chi connectivity index (χ1) is 11.7. The molecule has 0 aliphatic carbocycles. The van der Waals surface area contributed by atoms with Crippen molar-refractivity contribution in [1.29, 1.82) is 0 Å². The fourth-order valence-corrected chi connectivity index (χ4v) is 3.61. The van der Waals surface area contributed by atoms with E-state index in [4.69, 9.17) is 0 Å². The first-order valence-corrected chi connectivity index (χ1v) is 8.99. The lowest BCUT2D eigenvalue weighted by Gasteiger charge is -2.28. The van der Waals surface area contributed by atoms with E-state index in [9.17, 15) is 9.59 Å². The molecule has 3 rings (SSSR count). The molecule has 2 atom stereocenters. The first kappa shape index (κ1) is 16.7. The molecule has 0 unspecified atom stereocenters. The molecule has 5 heteroatoms. The highest BCUT2D eigenvalue weighted by Crippen LogP contribution is 2.18. The molecule has 2 aromatic rings. The molecular formula is C19H20N2O2S. The summed E-state index contributed by atoms with van der Waals surface area (Å²) in [6, 6.07) is 19.0. The number of carbonyl (C=O) groups is 2. The van der Waals surface area contributed by atoms with E-state index in [2.05, 4.69) is 10.6 Å². The van der Waals surface area contributed by atoms with Crippen molar-refractivity contribution >= 4 is 22.8 Å². The minimum atomic E-state index is -0.342. The van der Waals surface area contributed by atoms with E-state index < -0.39 is 0 Å². The molecule has 1 amide bonds. The third kappa shape index (κ3) is 4.46. The van der Waals surface area contributed by atoms with Gasteiger partial charge in [-0.1, -0.05) is 72.4 Å². The van der Waals surface area contributed by atoms with Gasteiger partial charge in [0.05, 0.1) is 12.1 Å². The lowest BCUT2D eigenvalue weighted by atomic mass is 10.1. The van der Waals surface area contributed by atoms with Crippen LogP contribution in [0.4, 0.5) is 0 Å². The highest BCUT2D eigenvalue weighted by molar-refractivity contribution is 8.13. The zero-order valence-electron chi connectivity index (χ0n) is 13.3. The summed E-state index contributed by atoms with van der Waals surface area (Å²) in [5, 5.41) is 6.25. The Balaban J connectivity index is 1.56. The molecular weight excluding hydrogens is 320 g/mol. The maximum Gasteiger partial charge on any atom is 0.238 e. The Labute approximate surface area is 146 Å². The van der Waals surface area contributed by atoms with Crippen LogP contribution >= 0.6 is 11.8 Å². The summed E-state index contributed by atoms with van der Waals surface area (Å²) in [7, 11) is 0. The number of amides is 1. The maximum atomic E-state index is 12.4. The lowest BCUT2D eigenvalue weighted by Crippen LogP contribution is -2.55. The molecule has 2 aromatic carbocycles. The van der Waals surface area contributed by atoms with E-state index in [-0.39, 0.29) is 23.1 Å². The van der Waals surface area contributed by atoms with Gasteiger partial charge in [0, 0.05) is 12.3 Å². The maximum absolute atomic E-state index is 12.4. The number of benzene rings is 2. The van der Waals surface area contributed by atoms with Crippen molar-refractivity contribution in [3.8, 4) is 0 Å². The standard InChI is InChI=1S/C19H20N2O2S/c22-18(20-12-15-9-5-2-6-10-15)17-13-24-19(23)16(21-17)11-14-7-3-1-4-8-14/h1-10,16-17,21H,11-13H2,(H,20,22)/t16-,17-/m0/s1. The molecule has 2 N–H and O–H groups in total. The van der Waals surface area contributed by atoms with Gasteiger partial charge in [0.2, 0.25) is 11.0 Å². The van der Waals surface area contributed by atoms with Crippen LogP contribution in [0.5, 0.6) is 0 Å². The van der Waals surface area contributed by atoms with E-state index >= 15 is 0 Å². The van der Waals surface area contributed by atoms with Gasteiger partial charge in [-0.2, -0.15) is 0 Å². The van der Waals surface area contributed by atoms with E-state index in [0.717, 1.165) is 11.1 Å². The van der Waals surface area contributed by atoms with Crippen LogP contribution in [0.25, 0.3) is 0 Å². The second kappa shape index (κ2) is 8.13. The average molecular weight is 340 g/mol. The average Bonchev–Trinajstić information content (AvgIpc) is 2.63. The van der Waals surface area contributed by atoms with E-state index in [1.54, 1.807) is 0 Å². The van der Waals surface area contributed by atoms with Crippen molar-refractivity contribution in [2.45, 2.75) is 25.0 Å². The van der Waals surface area contributed by atoms with Crippen molar-refractivity contribution < 1.29 is 9.59 Å². The number of thioether (sulfide) groups is 1. The van der Waals surface area contributed by atoms with Crippen molar-refractivity contribution in [2.24, 2.45) is 0 Å². The van der Waals surface area contributed by atoms with Crippen LogP contribution in [0.15, 0.2) is 60.7 Å². The first-order valence-electron chi connectivity index (χ1n) is 8.00. The highest BCUT2D eigenvalue weighted by Gasteiger charge is 2.32. The van der Waals surface area contributed by atoms with Crippen LogP contribution in [0.3, 0.4) is 0 Å². The number of hydrogen-bond donors (Lipinski definition) is 2. The van der Waals surface area contributed by atoms with Gasteiger partial charge in [-0.05, 0) is 17.5 Å². The van der Waals surface area contributed by atoms with Crippen LogP contribution < -0.4 is 10.6 Å². The monoisotopic (exact) mass is 340 g/mol. The summed E-state index contributed by atoms with van der Waals surface area (Å²) in [5.41, 5.74) is 2.15. The van der Waals surface area contributed by atoms with Crippen molar-refractivity contribution in [3.63, 3.8) is 0 Å². The molecule has 4 nitrogen and oxygen atoms in total. The lowest BCUT2D eigenvalue weighted by molar-refractivity contribution is -0.123. The predicted octanol–water partition coefficient (Wildman–Crippen LogP) is 2.15. The molecule has 124 valence electrons. The minimum Gasteiger partial charge on any atom is -0.351 e. The SMILES string of the molecule is O=C(NCc1ccccc1)[C@@H]1CSC(=O)[C@H](Cc2ccccc2)N1. The summed E-state index contributed by atoms with van der Waals surface area (Å²) >= 11 is 1.24. The van der Waals surface area contributed by atoms with Gasteiger partial charge in [0.25, 0.3) is 0 Å². The van der Waals surface area contributed by atoms with Gasteiger partial charge in [-0.25, -0.2) is 0 Å². The Kier molecular flexibility index (Phi) is 5.67. The van der Waals surface area contributed by atoms with Crippen LogP contribution in [-0.2, 0) is 22.6 Å². The summed E-state index contributed by atoms with van der Waals surface area (Å²) in [6.07, 6.45) is 0.606. The molecule has 0 bridgehead atoms. The Bertz CT molecular complexity index is 691. The van der Waals surface area contributed by atoms with Crippen LogP contribution in [0.1, 0.15) is 11.1 Å². The number of carbonyl (C=O) groups excluding carboxylic acids is 2. The third-order valence-corrected chi connectivity index (χ3v) is 5.06. The molecule has 0 radical (unpaired) electrons. The minimum absolute atomic E-state index is 0.0584. The number of rotatable bonds is 5. The topological polar surface area (TPSA) is 58.2 Å². The molecule has 1 heterocycles. The third-order valence-electron chi connectivity index (χ3n) is 3.99. The normalized spacial score (nSPS) is 20.6. The van der Waals surface area contributed by atoms with Gasteiger partial charge in [0.15, 0.2) is 0 Å². The molecule has 1 saturated heterocycles. The molecule has 0 aromatic heterocycles. The summed E-state index contributed by atoms with van der Waals surface area (Å²) in [4.78, 5) is 24.5. The smallest absolute Gasteiger partial charge is 0.238 e. The van der Waals surface area contributed by atoms with Gasteiger partial charge in [0.1, 0.15) is 0 Å². The van der Waals surface area contributed by atoms with E-state index in [0.29, 0.717) is 18.7 Å². The Hall–Kier alpha value is -2.11. The zero-order valence-corrected chi connectivity index (χ0v) is 14.1. The summed E-state index contributed by atoms with van der Waals surface area (Å²) in [6.45, 7) is 0.500. The summed E-state index contributed by atoms with van der Waals surface area (Å²) in [5.74, 6) is 0.419. The highest BCUT2D eigenvalue weighted by atomic mass is 32.2. The Morgan fingerprint density at radius 2 is 1.67 bits per heavy atom. The van der Waals surface area contributed by atoms with Gasteiger partial charge in [-0.3, -0.25) is 14.9 Å². The van der Waals surface area contributed by atoms with E-state index in [1.807, 2.05) is 60.7 Å². The fourth-order valence-electron chi connectivity index (χ4n) is 2.68. The van der Waals surface area contributed by atoms with Crippen molar-refractivity contribution in [3.05, 3.63) is 71.8 Å². The molecule has 0 spiro atoms. The van der Waals surface area contributed by atoms with Crippen LogP contribution in [0, 0.1) is 0 Å². The van der Waals surface area contributed by atoms with Gasteiger partial charge >= 0.3 is 0 Å². The second-order valence-corrected chi connectivity index (χ2v) is 6.82. The Morgan fingerprint density at radius 1 is 1.04 bits per heavy atom.